The molecule has 0 bridgehead atoms. The molecule has 0 radical (unpaired) electrons. The van der Waals surface area contributed by atoms with Crippen molar-refractivity contribution in [2.24, 2.45) is 4.99 Å². The van der Waals surface area contributed by atoms with Gasteiger partial charge in [-0.3, -0.25) is 14.5 Å². The first-order chi connectivity index (χ1) is 14.0. The number of amides is 2. The Balaban J connectivity index is 1.74. The second kappa shape index (κ2) is 9.56. The molecule has 6 heteroatoms. The van der Waals surface area contributed by atoms with Crippen molar-refractivity contribution < 1.29 is 9.59 Å². The zero-order valence-electron chi connectivity index (χ0n) is 16.7. The Morgan fingerprint density at radius 1 is 1.24 bits per heavy atom. The highest BCUT2D eigenvalue weighted by Crippen LogP contribution is 2.32. The third kappa shape index (κ3) is 5.15. The van der Waals surface area contributed by atoms with Crippen LogP contribution in [-0.2, 0) is 16.0 Å². The van der Waals surface area contributed by atoms with Gasteiger partial charge in [-0.2, -0.15) is 0 Å². The number of aliphatic imine (C=N–C) groups is 1. The molecular weight excluding hydrogens is 382 g/mol. The topological polar surface area (TPSA) is 61.8 Å². The van der Waals surface area contributed by atoms with Gasteiger partial charge in [0.2, 0.25) is 11.8 Å². The van der Waals surface area contributed by atoms with E-state index in [1.54, 1.807) is 11.0 Å². The van der Waals surface area contributed by atoms with Crippen LogP contribution in [0.15, 0.2) is 66.2 Å². The Labute approximate surface area is 175 Å². The van der Waals surface area contributed by atoms with E-state index >= 15 is 0 Å². The molecule has 5 nitrogen and oxygen atoms in total. The van der Waals surface area contributed by atoms with E-state index in [1.807, 2.05) is 55.5 Å². The van der Waals surface area contributed by atoms with E-state index in [9.17, 15) is 9.59 Å². The standard InChI is InChI=1S/C23H25N3O2S/c1-4-14-26-22(28)20(15-21(27)25-19-9-7-6-8-16(19)3)29-23(26)24-18-12-10-17(5-2)11-13-18/h4,6-13,20H,1,5,14-15H2,2-3H3,(H,25,27)/t20-/m1/s1. The number of para-hydroxylation sites is 1. The van der Waals surface area contributed by atoms with Gasteiger partial charge in [0.25, 0.3) is 0 Å². The average Bonchev–Trinajstić information content (AvgIpc) is 2.99. The van der Waals surface area contributed by atoms with Gasteiger partial charge in [-0.15, -0.1) is 6.58 Å². The van der Waals surface area contributed by atoms with E-state index in [-0.39, 0.29) is 18.2 Å². The van der Waals surface area contributed by atoms with Crippen LogP contribution < -0.4 is 5.32 Å². The fourth-order valence-corrected chi connectivity index (χ4v) is 4.19. The SMILES string of the molecule is C=CCN1C(=O)[C@@H](CC(=O)Nc2ccccc2C)SC1=Nc1ccc(CC)cc1. The number of thioether (sulfide) groups is 1. The zero-order valence-corrected chi connectivity index (χ0v) is 17.5. The summed E-state index contributed by atoms with van der Waals surface area (Å²) in [5.74, 6) is -0.295. The summed E-state index contributed by atoms with van der Waals surface area (Å²) in [5.41, 5.74) is 3.77. The fraction of sp³-hybridized carbons (Fsp3) is 0.261. The largest absolute Gasteiger partial charge is 0.326 e. The summed E-state index contributed by atoms with van der Waals surface area (Å²) in [5, 5.41) is 3.01. The summed E-state index contributed by atoms with van der Waals surface area (Å²) in [7, 11) is 0. The van der Waals surface area contributed by atoms with Crippen molar-refractivity contribution in [2.75, 3.05) is 11.9 Å². The quantitative estimate of drug-likeness (QED) is 0.677. The summed E-state index contributed by atoms with van der Waals surface area (Å²) in [6, 6.07) is 15.5. The number of carbonyl (C=O) groups is 2. The van der Waals surface area contributed by atoms with Crippen LogP contribution in [0.3, 0.4) is 0 Å². The summed E-state index contributed by atoms with van der Waals surface area (Å²) >= 11 is 1.33. The molecule has 1 atom stereocenters. The maximum absolute atomic E-state index is 12.8. The van der Waals surface area contributed by atoms with E-state index in [1.165, 1.54) is 17.3 Å². The van der Waals surface area contributed by atoms with Gasteiger partial charge in [0.15, 0.2) is 5.17 Å². The second-order valence-electron chi connectivity index (χ2n) is 6.83. The molecule has 1 saturated heterocycles. The molecule has 0 saturated carbocycles. The van der Waals surface area contributed by atoms with Crippen LogP contribution in [0.4, 0.5) is 11.4 Å². The van der Waals surface area contributed by atoms with E-state index in [4.69, 9.17) is 0 Å². The van der Waals surface area contributed by atoms with Gasteiger partial charge in [0.05, 0.1) is 5.69 Å². The molecule has 1 N–H and O–H groups in total. The molecule has 1 heterocycles. The normalized spacial score (nSPS) is 17.6. The van der Waals surface area contributed by atoms with Crippen LogP contribution in [0.25, 0.3) is 0 Å². The van der Waals surface area contributed by atoms with Crippen molar-refractivity contribution in [1.82, 2.24) is 4.90 Å². The first-order valence-corrected chi connectivity index (χ1v) is 10.5. The number of hydrogen-bond acceptors (Lipinski definition) is 4. The Morgan fingerprint density at radius 2 is 1.97 bits per heavy atom. The first-order valence-electron chi connectivity index (χ1n) is 9.64. The molecule has 2 amide bonds. The number of anilines is 1. The van der Waals surface area contributed by atoms with Crippen molar-refractivity contribution in [2.45, 2.75) is 31.9 Å². The first kappa shape index (κ1) is 20.9. The number of amidine groups is 1. The Bertz CT molecular complexity index is 937. The monoisotopic (exact) mass is 407 g/mol. The number of aryl methyl sites for hydroxylation is 2. The van der Waals surface area contributed by atoms with Crippen molar-refractivity contribution in [3.05, 3.63) is 72.3 Å². The predicted octanol–water partition coefficient (Wildman–Crippen LogP) is 4.70. The van der Waals surface area contributed by atoms with Crippen LogP contribution >= 0.6 is 11.8 Å². The smallest absolute Gasteiger partial charge is 0.242 e. The van der Waals surface area contributed by atoms with Crippen LogP contribution in [-0.4, -0.2) is 33.7 Å². The number of carbonyl (C=O) groups excluding carboxylic acids is 2. The van der Waals surface area contributed by atoms with Gasteiger partial charge in [0.1, 0.15) is 5.25 Å². The highest BCUT2D eigenvalue weighted by molar-refractivity contribution is 8.15. The molecule has 0 unspecified atom stereocenters. The second-order valence-corrected chi connectivity index (χ2v) is 8.00. The van der Waals surface area contributed by atoms with E-state index in [0.29, 0.717) is 11.7 Å². The lowest BCUT2D eigenvalue weighted by Crippen LogP contribution is -2.33. The van der Waals surface area contributed by atoms with E-state index in [0.717, 1.165) is 23.4 Å². The van der Waals surface area contributed by atoms with Crippen molar-refractivity contribution in [3.63, 3.8) is 0 Å². The minimum absolute atomic E-state index is 0.0965. The number of nitrogens with one attached hydrogen (secondary N) is 1. The fourth-order valence-electron chi connectivity index (χ4n) is 3.02. The van der Waals surface area contributed by atoms with Gasteiger partial charge in [-0.05, 0) is 42.7 Å². The van der Waals surface area contributed by atoms with Gasteiger partial charge < -0.3 is 5.32 Å². The van der Waals surface area contributed by atoms with Crippen molar-refractivity contribution in [1.29, 1.82) is 0 Å². The van der Waals surface area contributed by atoms with Crippen LogP contribution in [0, 0.1) is 6.92 Å². The third-order valence-electron chi connectivity index (χ3n) is 4.69. The summed E-state index contributed by atoms with van der Waals surface area (Å²) in [6.45, 7) is 8.14. The molecule has 0 aromatic heterocycles. The Kier molecular flexibility index (Phi) is 6.88. The summed E-state index contributed by atoms with van der Waals surface area (Å²) in [6.07, 6.45) is 2.73. The molecule has 1 aliphatic heterocycles. The third-order valence-corrected chi connectivity index (χ3v) is 5.87. The molecule has 2 aromatic carbocycles. The molecule has 150 valence electrons. The minimum Gasteiger partial charge on any atom is -0.326 e. The van der Waals surface area contributed by atoms with Crippen LogP contribution in [0.1, 0.15) is 24.5 Å². The predicted molar refractivity (Wildman–Crippen MR) is 121 cm³/mol. The maximum atomic E-state index is 12.8. The summed E-state index contributed by atoms with van der Waals surface area (Å²) in [4.78, 5) is 31.6. The lowest BCUT2D eigenvalue weighted by Gasteiger charge is -2.14. The van der Waals surface area contributed by atoms with Gasteiger partial charge in [-0.25, -0.2) is 4.99 Å². The molecule has 3 rings (SSSR count). The van der Waals surface area contributed by atoms with Crippen LogP contribution in [0.2, 0.25) is 0 Å². The molecule has 0 spiro atoms. The van der Waals surface area contributed by atoms with Crippen molar-refractivity contribution >= 4 is 40.1 Å². The molecule has 1 fully saturated rings. The zero-order chi connectivity index (χ0) is 20.8. The number of benzene rings is 2. The van der Waals surface area contributed by atoms with Gasteiger partial charge in [-0.1, -0.05) is 55.1 Å². The molecule has 2 aromatic rings. The van der Waals surface area contributed by atoms with Crippen molar-refractivity contribution in [3.8, 4) is 0 Å². The van der Waals surface area contributed by atoms with Gasteiger partial charge in [0, 0.05) is 18.7 Å². The molecule has 0 aliphatic carbocycles. The van der Waals surface area contributed by atoms with Crippen LogP contribution in [0.5, 0.6) is 0 Å². The van der Waals surface area contributed by atoms with E-state index in [2.05, 4.69) is 23.8 Å². The number of hydrogen-bond donors (Lipinski definition) is 1. The lowest BCUT2D eigenvalue weighted by atomic mass is 10.2. The number of rotatable bonds is 7. The molecular formula is C23H25N3O2S. The maximum Gasteiger partial charge on any atom is 0.242 e. The minimum atomic E-state index is -0.493. The lowest BCUT2D eigenvalue weighted by molar-refractivity contribution is -0.127. The highest BCUT2D eigenvalue weighted by Gasteiger charge is 2.38. The number of nitrogens with zero attached hydrogens (tertiary/aromatic N) is 2. The molecule has 29 heavy (non-hydrogen) atoms. The Hall–Kier alpha value is -2.86. The molecule has 1 aliphatic rings. The van der Waals surface area contributed by atoms with Gasteiger partial charge >= 0.3 is 0 Å². The summed E-state index contributed by atoms with van der Waals surface area (Å²) < 4.78 is 0. The average molecular weight is 408 g/mol. The Morgan fingerprint density at radius 3 is 2.62 bits per heavy atom. The highest BCUT2D eigenvalue weighted by atomic mass is 32.2. The van der Waals surface area contributed by atoms with E-state index < -0.39 is 5.25 Å².